The minimum atomic E-state index is 0.882. The number of fused-ring (bicyclic) bond motifs is 7. The summed E-state index contributed by atoms with van der Waals surface area (Å²) in [6.07, 6.45) is 0. The Morgan fingerprint density at radius 3 is 2.05 bits per heavy atom. The van der Waals surface area contributed by atoms with Gasteiger partial charge in [-0.25, -0.2) is 0 Å². The molecule has 0 amide bonds. The molecular weight excluding hydrogens is 543 g/mol. The van der Waals surface area contributed by atoms with Crippen molar-refractivity contribution in [3.8, 4) is 11.1 Å². The van der Waals surface area contributed by atoms with Crippen LogP contribution in [0.5, 0.6) is 0 Å². The molecule has 0 radical (unpaired) electrons. The minimum absolute atomic E-state index is 0.882. The highest BCUT2D eigenvalue weighted by molar-refractivity contribution is 7.25. The zero-order chi connectivity index (χ0) is 28.3. The molecule has 0 bridgehead atoms. The van der Waals surface area contributed by atoms with Gasteiger partial charge >= 0.3 is 0 Å². The van der Waals surface area contributed by atoms with Crippen molar-refractivity contribution in [1.82, 2.24) is 0 Å². The molecule has 0 saturated heterocycles. The molecule has 202 valence electrons. The molecule has 0 saturated carbocycles. The van der Waals surface area contributed by atoms with Crippen LogP contribution in [0.2, 0.25) is 0 Å². The van der Waals surface area contributed by atoms with Crippen molar-refractivity contribution in [1.29, 1.82) is 0 Å². The predicted molar refractivity (Wildman–Crippen MR) is 184 cm³/mol. The zero-order valence-corrected chi connectivity index (χ0v) is 24.0. The summed E-state index contributed by atoms with van der Waals surface area (Å²) in [5, 5.41) is 7.24. The highest BCUT2D eigenvalue weighted by Crippen LogP contribution is 2.49. The van der Waals surface area contributed by atoms with Crippen LogP contribution in [0.4, 0.5) is 17.1 Å². The molecule has 0 unspecified atom stereocenters. The maximum absolute atomic E-state index is 6.75. The van der Waals surface area contributed by atoms with Gasteiger partial charge in [-0.15, -0.1) is 11.3 Å². The molecule has 2 nitrogen and oxygen atoms in total. The number of hydrogen-bond acceptors (Lipinski definition) is 3. The monoisotopic (exact) mass is 567 g/mol. The molecule has 9 aromatic rings. The van der Waals surface area contributed by atoms with Gasteiger partial charge < -0.3 is 9.32 Å². The molecule has 0 fully saturated rings. The molecule has 9 rings (SSSR count). The molecule has 0 spiro atoms. The Labute approximate surface area is 252 Å². The molecule has 0 aliphatic rings. The third-order valence-corrected chi connectivity index (χ3v) is 9.57. The lowest BCUT2D eigenvalue weighted by Crippen LogP contribution is -2.11. The lowest BCUT2D eigenvalue weighted by molar-refractivity contribution is 0.669. The van der Waals surface area contributed by atoms with Gasteiger partial charge in [0.05, 0.1) is 5.69 Å². The largest absolute Gasteiger partial charge is 0.454 e. The Morgan fingerprint density at radius 1 is 0.465 bits per heavy atom. The van der Waals surface area contributed by atoms with E-state index in [-0.39, 0.29) is 0 Å². The Balaban J connectivity index is 1.40. The molecule has 7 aromatic carbocycles. The van der Waals surface area contributed by atoms with Crippen LogP contribution < -0.4 is 4.90 Å². The smallest absolute Gasteiger partial charge is 0.160 e. The Hall–Kier alpha value is -5.38. The normalized spacial score (nSPS) is 11.7. The van der Waals surface area contributed by atoms with E-state index in [0.29, 0.717) is 0 Å². The molecule has 0 aliphatic heterocycles. The van der Waals surface area contributed by atoms with Gasteiger partial charge in [0.1, 0.15) is 5.58 Å². The second-order valence-corrected chi connectivity index (χ2v) is 12.0. The summed E-state index contributed by atoms with van der Waals surface area (Å²) in [4.78, 5) is 2.39. The van der Waals surface area contributed by atoms with Gasteiger partial charge in [0, 0.05) is 47.9 Å². The third kappa shape index (κ3) is 3.86. The van der Waals surface area contributed by atoms with E-state index in [1.165, 1.54) is 30.9 Å². The van der Waals surface area contributed by atoms with Crippen LogP contribution in [0.15, 0.2) is 156 Å². The summed E-state index contributed by atoms with van der Waals surface area (Å²) < 4.78 is 9.32. The Bertz CT molecular complexity index is 2470. The van der Waals surface area contributed by atoms with Crippen molar-refractivity contribution >= 4 is 81.3 Å². The van der Waals surface area contributed by atoms with E-state index in [1.807, 2.05) is 17.4 Å². The number of para-hydroxylation sites is 1. The molecule has 0 atom stereocenters. The number of benzene rings is 7. The highest BCUT2D eigenvalue weighted by Gasteiger charge is 2.24. The molecule has 3 heteroatoms. The van der Waals surface area contributed by atoms with Crippen molar-refractivity contribution in [2.45, 2.75) is 0 Å². The van der Waals surface area contributed by atoms with Gasteiger partial charge in [-0.1, -0.05) is 109 Å². The maximum atomic E-state index is 6.75. The number of nitrogens with zero attached hydrogens (tertiary/aromatic N) is 1. The molecule has 43 heavy (non-hydrogen) atoms. The SMILES string of the molecule is c1ccc(-c2ccc3c(oc4ccccc43)c2N(c2ccc3ccccc3c2)c2ccc3c(c2)sc2ccccc23)cc1. The fourth-order valence-electron chi connectivity index (χ4n) is 6.42. The van der Waals surface area contributed by atoms with E-state index in [2.05, 4.69) is 150 Å². The van der Waals surface area contributed by atoms with Crippen molar-refractivity contribution in [2.24, 2.45) is 0 Å². The first kappa shape index (κ1) is 24.2. The number of hydrogen-bond donors (Lipinski definition) is 0. The Morgan fingerprint density at radius 2 is 1.14 bits per heavy atom. The van der Waals surface area contributed by atoms with Crippen molar-refractivity contribution in [2.75, 3.05) is 4.90 Å². The van der Waals surface area contributed by atoms with Crippen LogP contribution in [-0.2, 0) is 0 Å². The van der Waals surface area contributed by atoms with Gasteiger partial charge in [-0.3, -0.25) is 0 Å². The molecule has 0 aliphatic carbocycles. The van der Waals surface area contributed by atoms with Crippen LogP contribution in [0.3, 0.4) is 0 Å². The first-order chi connectivity index (χ1) is 21.3. The number of furan rings is 1. The van der Waals surface area contributed by atoms with Gasteiger partial charge in [0.25, 0.3) is 0 Å². The van der Waals surface area contributed by atoms with Gasteiger partial charge in [-0.2, -0.15) is 0 Å². The standard InChI is InChI=1S/C40H25NOS/c1-2-11-27(12-3-1)31-22-23-35-32-14-6-8-16-36(32)42-40(35)39(31)41(29-19-18-26-10-4-5-13-28(26)24-29)30-20-21-34-33-15-7-9-17-37(33)43-38(34)25-30/h1-25H. The average molecular weight is 568 g/mol. The van der Waals surface area contributed by atoms with Gasteiger partial charge in [-0.05, 0) is 58.8 Å². The van der Waals surface area contributed by atoms with Crippen molar-refractivity contribution in [3.05, 3.63) is 152 Å². The second-order valence-electron chi connectivity index (χ2n) is 10.9. The first-order valence-electron chi connectivity index (χ1n) is 14.5. The maximum Gasteiger partial charge on any atom is 0.160 e. The molecular formula is C40H25NOS. The van der Waals surface area contributed by atoms with Gasteiger partial charge in [0.15, 0.2) is 5.58 Å². The number of anilines is 3. The summed E-state index contributed by atoms with van der Waals surface area (Å²) in [6, 6.07) is 54.3. The van der Waals surface area contributed by atoms with Crippen molar-refractivity contribution < 1.29 is 4.42 Å². The second kappa shape index (κ2) is 9.59. The van der Waals surface area contributed by atoms with Crippen LogP contribution in [0.25, 0.3) is 64.0 Å². The van der Waals surface area contributed by atoms with Crippen LogP contribution in [0, 0.1) is 0 Å². The minimum Gasteiger partial charge on any atom is -0.454 e. The fraction of sp³-hybridized carbons (Fsp3) is 0. The summed E-state index contributed by atoms with van der Waals surface area (Å²) in [6.45, 7) is 0. The lowest BCUT2D eigenvalue weighted by Gasteiger charge is -2.28. The Kier molecular flexibility index (Phi) is 5.40. The predicted octanol–water partition coefficient (Wildman–Crippen LogP) is 12.2. The van der Waals surface area contributed by atoms with E-state index >= 15 is 0 Å². The van der Waals surface area contributed by atoms with E-state index < -0.39 is 0 Å². The van der Waals surface area contributed by atoms with E-state index in [0.717, 1.165) is 50.1 Å². The molecule has 0 N–H and O–H groups in total. The van der Waals surface area contributed by atoms with Crippen LogP contribution >= 0.6 is 11.3 Å². The summed E-state index contributed by atoms with van der Waals surface area (Å²) in [7, 11) is 0. The van der Waals surface area contributed by atoms with E-state index in [9.17, 15) is 0 Å². The molecule has 2 heterocycles. The quantitative estimate of drug-likeness (QED) is 0.210. The van der Waals surface area contributed by atoms with Crippen molar-refractivity contribution in [3.63, 3.8) is 0 Å². The summed E-state index contributed by atoms with van der Waals surface area (Å²) in [5.74, 6) is 0. The third-order valence-electron chi connectivity index (χ3n) is 8.44. The molecule has 2 aromatic heterocycles. The average Bonchev–Trinajstić information content (AvgIpc) is 3.63. The van der Waals surface area contributed by atoms with E-state index in [4.69, 9.17) is 4.42 Å². The van der Waals surface area contributed by atoms with Crippen LogP contribution in [-0.4, -0.2) is 0 Å². The number of thiophene rings is 1. The summed E-state index contributed by atoms with van der Waals surface area (Å²) >= 11 is 1.84. The fourth-order valence-corrected chi connectivity index (χ4v) is 7.56. The first-order valence-corrected chi connectivity index (χ1v) is 15.3. The number of rotatable bonds is 4. The lowest BCUT2D eigenvalue weighted by atomic mass is 9.98. The zero-order valence-electron chi connectivity index (χ0n) is 23.2. The van der Waals surface area contributed by atoms with Crippen LogP contribution in [0.1, 0.15) is 0 Å². The summed E-state index contributed by atoms with van der Waals surface area (Å²) in [5.41, 5.74) is 7.26. The van der Waals surface area contributed by atoms with E-state index in [1.54, 1.807) is 0 Å². The highest BCUT2D eigenvalue weighted by atomic mass is 32.1. The van der Waals surface area contributed by atoms with Gasteiger partial charge in [0.2, 0.25) is 0 Å². The topological polar surface area (TPSA) is 16.4 Å².